The minimum atomic E-state index is -0.329. The Hall–Kier alpha value is -2.90. The second-order valence-corrected chi connectivity index (χ2v) is 8.13. The molecule has 0 amide bonds. The highest BCUT2D eigenvalue weighted by molar-refractivity contribution is 7.99. The number of hydrogen-bond donors (Lipinski definition) is 1. The van der Waals surface area contributed by atoms with Crippen molar-refractivity contribution < 1.29 is 9.53 Å². The number of nitrogens with zero attached hydrogens (tertiary/aromatic N) is 1. The van der Waals surface area contributed by atoms with E-state index in [4.69, 9.17) is 4.74 Å². The number of thiophene rings is 1. The first kappa shape index (κ1) is 19.4. The maximum absolute atomic E-state index is 12.6. The Labute approximate surface area is 175 Å². The molecule has 146 valence electrons. The van der Waals surface area contributed by atoms with Crippen molar-refractivity contribution >= 4 is 39.3 Å². The lowest BCUT2D eigenvalue weighted by atomic mass is 10.1. The number of H-pyrrole nitrogens is 1. The van der Waals surface area contributed by atoms with Crippen molar-refractivity contribution in [3.63, 3.8) is 0 Å². The highest BCUT2D eigenvalue weighted by Crippen LogP contribution is 2.31. The number of hydrogen-bond acceptors (Lipinski definition) is 6. The van der Waals surface area contributed by atoms with E-state index in [0.717, 1.165) is 16.7 Å². The van der Waals surface area contributed by atoms with Crippen LogP contribution in [-0.2, 0) is 16.0 Å². The van der Waals surface area contributed by atoms with Gasteiger partial charge in [0.15, 0.2) is 5.16 Å². The Morgan fingerprint density at radius 2 is 1.79 bits per heavy atom. The number of aromatic amines is 1. The molecule has 0 fully saturated rings. The number of fused-ring (bicyclic) bond motifs is 1. The monoisotopic (exact) mass is 422 g/mol. The molecule has 4 aromatic rings. The molecule has 0 spiro atoms. The third-order valence-electron chi connectivity index (χ3n) is 4.33. The number of aromatic nitrogens is 2. The van der Waals surface area contributed by atoms with Gasteiger partial charge in [-0.3, -0.25) is 9.59 Å². The lowest BCUT2D eigenvalue weighted by Gasteiger charge is -2.05. The maximum Gasteiger partial charge on any atom is 0.316 e. The zero-order valence-corrected chi connectivity index (χ0v) is 17.1. The van der Waals surface area contributed by atoms with Gasteiger partial charge in [0.1, 0.15) is 4.83 Å². The fraction of sp³-hybridized carbons (Fsp3) is 0.136. The summed E-state index contributed by atoms with van der Waals surface area (Å²) in [6, 6.07) is 19.6. The van der Waals surface area contributed by atoms with Crippen LogP contribution in [-0.4, -0.2) is 28.3 Å². The van der Waals surface area contributed by atoms with Crippen molar-refractivity contribution in [1.82, 2.24) is 9.97 Å². The van der Waals surface area contributed by atoms with Crippen LogP contribution >= 0.6 is 23.1 Å². The topological polar surface area (TPSA) is 72.0 Å². The van der Waals surface area contributed by atoms with Crippen LogP contribution in [0.1, 0.15) is 5.56 Å². The first-order chi connectivity index (χ1) is 14.2. The van der Waals surface area contributed by atoms with Crippen molar-refractivity contribution in [2.45, 2.75) is 11.6 Å². The molecule has 2 heterocycles. The van der Waals surface area contributed by atoms with Crippen LogP contribution in [0.2, 0.25) is 0 Å². The summed E-state index contributed by atoms with van der Waals surface area (Å²) in [5, 5.41) is 2.94. The fourth-order valence-corrected chi connectivity index (χ4v) is 4.59. The highest BCUT2D eigenvalue weighted by Gasteiger charge is 2.14. The second kappa shape index (κ2) is 9.07. The predicted octanol–water partition coefficient (Wildman–Crippen LogP) is 4.53. The predicted molar refractivity (Wildman–Crippen MR) is 118 cm³/mol. The smallest absolute Gasteiger partial charge is 0.316 e. The average molecular weight is 423 g/mol. The van der Waals surface area contributed by atoms with E-state index in [9.17, 15) is 9.59 Å². The molecule has 0 saturated carbocycles. The molecule has 0 saturated heterocycles. The molecule has 0 aliphatic rings. The van der Waals surface area contributed by atoms with E-state index in [1.165, 1.54) is 23.1 Å². The molecule has 5 nitrogen and oxygen atoms in total. The summed E-state index contributed by atoms with van der Waals surface area (Å²) in [5.41, 5.74) is 2.77. The van der Waals surface area contributed by atoms with Gasteiger partial charge in [-0.2, -0.15) is 0 Å². The van der Waals surface area contributed by atoms with Gasteiger partial charge < -0.3 is 9.72 Å². The molecule has 0 aliphatic carbocycles. The van der Waals surface area contributed by atoms with Gasteiger partial charge in [0.05, 0.1) is 17.7 Å². The largest absolute Gasteiger partial charge is 0.465 e. The minimum absolute atomic E-state index is 0.0974. The van der Waals surface area contributed by atoms with Crippen LogP contribution in [0.15, 0.2) is 76.0 Å². The number of benzene rings is 2. The number of thioether (sulfide) groups is 1. The third kappa shape index (κ3) is 4.75. The summed E-state index contributed by atoms with van der Waals surface area (Å²) in [6.45, 7) is 0.331. The number of esters is 1. The molecule has 7 heteroatoms. The van der Waals surface area contributed by atoms with Gasteiger partial charge in [0.2, 0.25) is 0 Å². The van der Waals surface area contributed by atoms with Crippen LogP contribution in [0.3, 0.4) is 0 Å². The molecule has 0 aliphatic heterocycles. The number of nitrogens with one attached hydrogen (secondary N) is 1. The van der Waals surface area contributed by atoms with Gasteiger partial charge in [-0.15, -0.1) is 11.3 Å². The SMILES string of the molecule is O=C(CSc1nc2scc(-c3ccccc3)c2c(=O)[nH]1)OCCc1ccccc1. The van der Waals surface area contributed by atoms with E-state index in [-0.39, 0.29) is 17.3 Å². The quantitative estimate of drug-likeness (QED) is 0.269. The lowest BCUT2D eigenvalue weighted by Crippen LogP contribution is -2.12. The molecule has 2 aromatic heterocycles. The summed E-state index contributed by atoms with van der Waals surface area (Å²) in [7, 11) is 0. The molecule has 4 rings (SSSR count). The van der Waals surface area contributed by atoms with Crippen LogP contribution in [0.5, 0.6) is 0 Å². The van der Waals surface area contributed by atoms with Crippen molar-refractivity contribution in [3.05, 3.63) is 82.0 Å². The van der Waals surface area contributed by atoms with Crippen LogP contribution < -0.4 is 5.56 Å². The van der Waals surface area contributed by atoms with Crippen LogP contribution in [0.25, 0.3) is 21.3 Å². The molecular weight excluding hydrogens is 404 g/mol. The van der Waals surface area contributed by atoms with E-state index < -0.39 is 0 Å². The van der Waals surface area contributed by atoms with Gasteiger partial charge in [0, 0.05) is 17.4 Å². The first-order valence-electron chi connectivity index (χ1n) is 9.10. The molecule has 1 N–H and O–H groups in total. The van der Waals surface area contributed by atoms with Crippen molar-refractivity contribution in [2.24, 2.45) is 0 Å². The van der Waals surface area contributed by atoms with E-state index in [1.807, 2.05) is 66.0 Å². The number of carbonyl (C=O) groups is 1. The molecule has 0 atom stereocenters. The molecule has 2 aromatic carbocycles. The third-order valence-corrected chi connectivity index (χ3v) is 6.05. The molecule has 0 radical (unpaired) electrons. The van der Waals surface area contributed by atoms with E-state index >= 15 is 0 Å². The highest BCUT2D eigenvalue weighted by atomic mass is 32.2. The van der Waals surface area contributed by atoms with Gasteiger partial charge in [-0.1, -0.05) is 72.4 Å². The molecular formula is C22H18N2O3S2. The van der Waals surface area contributed by atoms with Crippen molar-refractivity contribution in [2.75, 3.05) is 12.4 Å². The minimum Gasteiger partial charge on any atom is -0.465 e. The average Bonchev–Trinajstić information content (AvgIpc) is 3.18. The Balaban J connectivity index is 1.39. The number of ether oxygens (including phenoxy) is 1. The van der Waals surface area contributed by atoms with Crippen molar-refractivity contribution in [3.8, 4) is 11.1 Å². The maximum atomic E-state index is 12.6. The van der Waals surface area contributed by atoms with Gasteiger partial charge >= 0.3 is 5.97 Å². The molecule has 0 unspecified atom stereocenters. The first-order valence-corrected chi connectivity index (χ1v) is 11.0. The van der Waals surface area contributed by atoms with Crippen LogP contribution in [0.4, 0.5) is 0 Å². The molecule has 0 bridgehead atoms. The summed E-state index contributed by atoms with van der Waals surface area (Å²) in [4.78, 5) is 32.5. The van der Waals surface area contributed by atoms with E-state index in [0.29, 0.717) is 28.4 Å². The summed E-state index contributed by atoms with van der Waals surface area (Å²) in [5.74, 6) is -0.231. The van der Waals surface area contributed by atoms with E-state index in [2.05, 4.69) is 9.97 Å². The normalized spacial score (nSPS) is 10.9. The Bertz CT molecular complexity index is 1170. The summed E-state index contributed by atoms with van der Waals surface area (Å²) >= 11 is 2.60. The van der Waals surface area contributed by atoms with E-state index in [1.54, 1.807) is 0 Å². The van der Waals surface area contributed by atoms with Gasteiger partial charge in [-0.25, -0.2) is 4.98 Å². The second-order valence-electron chi connectivity index (χ2n) is 6.31. The fourth-order valence-electron chi connectivity index (χ4n) is 2.92. The number of carbonyl (C=O) groups excluding carboxylic acids is 1. The van der Waals surface area contributed by atoms with Gasteiger partial charge in [0.25, 0.3) is 5.56 Å². The Kier molecular flexibility index (Phi) is 6.07. The lowest BCUT2D eigenvalue weighted by molar-refractivity contribution is -0.140. The zero-order valence-electron chi connectivity index (χ0n) is 15.5. The summed E-state index contributed by atoms with van der Waals surface area (Å²) in [6.07, 6.45) is 0.676. The zero-order chi connectivity index (χ0) is 20.1. The number of rotatable bonds is 7. The Morgan fingerprint density at radius 1 is 1.07 bits per heavy atom. The van der Waals surface area contributed by atoms with Gasteiger partial charge in [-0.05, 0) is 11.1 Å². The molecule has 29 heavy (non-hydrogen) atoms. The Morgan fingerprint density at radius 3 is 2.55 bits per heavy atom. The summed E-state index contributed by atoms with van der Waals surface area (Å²) < 4.78 is 5.27. The standard InChI is InChI=1S/C22H18N2O3S2/c25-18(27-12-11-15-7-3-1-4-8-15)14-29-22-23-20(26)19-17(13-28-21(19)24-22)16-9-5-2-6-10-16/h1-10,13H,11-12,14H2,(H,23,24,26). The van der Waals surface area contributed by atoms with Crippen LogP contribution in [0, 0.1) is 0 Å². The van der Waals surface area contributed by atoms with Crippen molar-refractivity contribution in [1.29, 1.82) is 0 Å².